The number of carbonyl (C=O) groups is 1. The van der Waals surface area contributed by atoms with Gasteiger partial charge in [0.2, 0.25) is 0 Å². The molecule has 0 N–H and O–H groups in total. The van der Waals surface area contributed by atoms with Crippen LogP contribution in [0.1, 0.15) is 33.1 Å². The van der Waals surface area contributed by atoms with Crippen molar-refractivity contribution in [1.82, 2.24) is 0 Å². The number of hydrogen-bond donors (Lipinski definition) is 0. The van der Waals surface area contributed by atoms with Crippen LogP contribution >= 0.6 is 0 Å². The van der Waals surface area contributed by atoms with Crippen LogP contribution in [0.2, 0.25) is 0 Å². The Kier molecular flexibility index (Phi) is 3.32. The summed E-state index contributed by atoms with van der Waals surface area (Å²) in [6, 6.07) is 0. The molecule has 10 atom stereocenters. The highest BCUT2D eigenvalue weighted by Gasteiger charge is 2.66. The lowest BCUT2D eigenvalue weighted by Crippen LogP contribution is -2.41. The highest BCUT2D eigenvalue weighted by atomic mass is 16.7. The van der Waals surface area contributed by atoms with Gasteiger partial charge in [-0.3, -0.25) is 4.79 Å². The molecule has 4 aliphatic carbocycles. The molecule has 4 nitrogen and oxygen atoms in total. The van der Waals surface area contributed by atoms with E-state index < -0.39 is 0 Å². The third-order valence-electron chi connectivity index (χ3n) is 8.25. The number of fused-ring (bicyclic) bond motifs is 9. The van der Waals surface area contributed by atoms with Gasteiger partial charge in [0, 0.05) is 0 Å². The van der Waals surface area contributed by atoms with E-state index in [0.29, 0.717) is 25.9 Å². The normalized spacial score (nSPS) is 56.3. The predicted octanol–water partition coefficient (Wildman–Crippen LogP) is 2.71. The van der Waals surface area contributed by atoms with Gasteiger partial charge < -0.3 is 14.2 Å². The van der Waals surface area contributed by atoms with Crippen LogP contribution in [0.5, 0.6) is 0 Å². The van der Waals surface area contributed by atoms with Crippen molar-refractivity contribution in [2.75, 3.05) is 20.0 Å². The highest BCUT2D eigenvalue weighted by molar-refractivity contribution is 5.73. The first kappa shape index (κ1) is 14.7. The minimum atomic E-state index is -0.0614. The van der Waals surface area contributed by atoms with E-state index in [1.807, 2.05) is 0 Å². The number of ether oxygens (including phenoxy) is 3. The van der Waals surface area contributed by atoms with Crippen LogP contribution in [0.4, 0.5) is 0 Å². The molecule has 0 aromatic rings. The third kappa shape index (κ3) is 2.00. The minimum Gasteiger partial charge on any atom is -0.463 e. The van der Waals surface area contributed by atoms with E-state index in [4.69, 9.17) is 14.2 Å². The molecule has 4 bridgehead atoms. The monoisotopic (exact) mass is 320 g/mol. The van der Waals surface area contributed by atoms with Crippen molar-refractivity contribution in [3.63, 3.8) is 0 Å². The molecule has 4 saturated carbocycles. The Labute approximate surface area is 138 Å². The Morgan fingerprint density at radius 3 is 2.57 bits per heavy atom. The van der Waals surface area contributed by atoms with E-state index in [1.54, 1.807) is 0 Å². The van der Waals surface area contributed by atoms with Crippen molar-refractivity contribution in [2.24, 2.45) is 53.3 Å². The fourth-order valence-electron chi connectivity index (χ4n) is 7.25. The second kappa shape index (κ2) is 5.19. The summed E-state index contributed by atoms with van der Waals surface area (Å²) in [5, 5.41) is 0. The van der Waals surface area contributed by atoms with Crippen molar-refractivity contribution in [3.8, 4) is 0 Å². The molecule has 128 valence electrons. The molecule has 0 amide bonds. The summed E-state index contributed by atoms with van der Waals surface area (Å²) in [6.45, 7) is 6.16. The smallest absolute Gasteiger partial charge is 0.309 e. The van der Waals surface area contributed by atoms with Crippen LogP contribution in [-0.4, -0.2) is 32.1 Å². The lowest BCUT2D eigenvalue weighted by molar-refractivity contribution is -0.155. The molecule has 23 heavy (non-hydrogen) atoms. The van der Waals surface area contributed by atoms with E-state index in [1.165, 1.54) is 12.8 Å². The maximum atomic E-state index is 12.6. The molecule has 0 aromatic carbocycles. The van der Waals surface area contributed by atoms with Gasteiger partial charge in [0.15, 0.2) is 0 Å². The molecule has 0 spiro atoms. The lowest BCUT2D eigenvalue weighted by Gasteiger charge is -2.43. The molecule has 5 rings (SSSR count). The molecule has 0 radical (unpaired) electrons. The molecule has 1 heterocycles. The van der Waals surface area contributed by atoms with Crippen LogP contribution < -0.4 is 0 Å². The summed E-state index contributed by atoms with van der Waals surface area (Å²) in [7, 11) is 0. The van der Waals surface area contributed by atoms with Crippen LogP contribution in [0, 0.1) is 53.3 Å². The molecule has 1 saturated heterocycles. The topological polar surface area (TPSA) is 44.8 Å². The molecule has 0 aromatic heterocycles. The van der Waals surface area contributed by atoms with Crippen LogP contribution in [0.3, 0.4) is 0 Å². The van der Waals surface area contributed by atoms with Crippen molar-refractivity contribution in [2.45, 2.75) is 39.2 Å². The first-order chi connectivity index (χ1) is 11.1. The Hall–Kier alpha value is -0.610. The van der Waals surface area contributed by atoms with Crippen molar-refractivity contribution >= 4 is 5.97 Å². The summed E-state index contributed by atoms with van der Waals surface area (Å²) in [4.78, 5) is 12.6. The maximum Gasteiger partial charge on any atom is 0.309 e. The minimum absolute atomic E-state index is 0.0370. The van der Waals surface area contributed by atoms with Gasteiger partial charge in [0.05, 0.1) is 12.5 Å². The Bertz CT molecular complexity index is 500. The average Bonchev–Trinajstić information content (AvgIpc) is 3.33. The van der Waals surface area contributed by atoms with Crippen molar-refractivity contribution < 1.29 is 19.0 Å². The zero-order valence-electron chi connectivity index (χ0n) is 14.1. The van der Waals surface area contributed by atoms with E-state index in [-0.39, 0.29) is 18.0 Å². The van der Waals surface area contributed by atoms with Crippen molar-refractivity contribution in [3.05, 3.63) is 0 Å². The van der Waals surface area contributed by atoms with Gasteiger partial charge in [-0.1, -0.05) is 13.8 Å². The van der Waals surface area contributed by atoms with Gasteiger partial charge in [0.1, 0.15) is 19.5 Å². The Morgan fingerprint density at radius 2 is 1.83 bits per heavy atom. The number of rotatable bonds is 3. The molecular weight excluding hydrogens is 292 g/mol. The summed E-state index contributed by atoms with van der Waals surface area (Å²) >= 11 is 0. The summed E-state index contributed by atoms with van der Waals surface area (Å²) < 4.78 is 16.1. The summed E-state index contributed by atoms with van der Waals surface area (Å²) in [5.74, 6) is 6.88. The van der Waals surface area contributed by atoms with Crippen LogP contribution in [0.25, 0.3) is 0 Å². The van der Waals surface area contributed by atoms with Gasteiger partial charge in [-0.25, -0.2) is 0 Å². The van der Waals surface area contributed by atoms with E-state index in [0.717, 1.165) is 47.8 Å². The largest absolute Gasteiger partial charge is 0.463 e. The highest BCUT2D eigenvalue weighted by Crippen LogP contribution is 2.71. The Morgan fingerprint density at radius 1 is 1.04 bits per heavy atom. The second-order valence-electron chi connectivity index (χ2n) is 8.85. The van der Waals surface area contributed by atoms with E-state index in [2.05, 4.69) is 13.8 Å². The molecule has 10 unspecified atom stereocenters. The van der Waals surface area contributed by atoms with E-state index in [9.17, 15) is 4.79 Å². The molecule has 4 heteroatoms. The van der Waals surface area contributed by atoms with Gasteiger partial charge in [-0.2, -0.15) is 0 Å². The number of carbonyl (C=O) groups excluding carboxylic acids is 1. The van der Waals surface area contributed by atoms with Gasteiger partial charge in [0.25, 0.3) is 0 Å². The van der Waals surface area contributed by atoms with Crippen LogP contribution in [0.15, 0.2) is 0 Å². The second-order valence-corrected chi connectivity index (χ2v) is 8.85. The number of hydrogen-bond acceptors (Lipinski definition) is 4. The average molecular weight is 320 g/mol. The fourth-order valence-corrected chi connectivity index (χ4v) is 7.25. The SMILES string of the molecule is CC1C(C)C2CC1C1C3CC(C(=O)OCC4COCO4)C(C3)C21. The fraction of sp³-hybridized carbons (Fsp3) is 0.947. The molecule has 1 aliphatic heterocycles. The van der Waals surface area contributed by atoms with Gasteiger partial charge in [-0.15, -0.1) is 0 Å². The van der Waals surface area contributed by atoms with E-state index >= 15 is 0 Å². The predicted molar refractivity (Wildman–Crippen MR) is 83.3 cm³/mol. The van der Waals surface area contributed by atoms with Gasteiger partial charge >= 0.3 is 5.97 Å². The van der Waals surface area contributed by atoms with Crippen LogP contribution in [-0.2, 0) is 19.0 Å². The first-order valence-corrected chi connectivity index (χ1v) is 9.51. The summed E-state index contributed by atoms with van der Waals surface area (Å²) in [5.41, 5.74) is 0. The quantitative estimate of drug-likeness (QED) is 0.592. The zero-order valence-corrected chi connectivity index (χ0v) is 14.1. The zero-order chi connectivity index (χ0) is 15.7. The molecular formula is C19H28O4. The number of esters is 1. The summed E-state index contributed by atoms with van der Waals surface area (Å²) in [6.07, 6.45) is 3.73. The van der Waals surface area contributed by atoms with Gasteiger partial charge in [-0.05, 0) is 66.6 Å². The third-order valence-corrected chi connectivity index (χ3v) is 8.25. The first-order valence-electron chi connectivity index (χ1n) is 9.51. The maximum absolute atomic E-state index is 12.6. The Balaban J connectivity index is 1.26. The standard InChI is InChI=1S/C19H28O4/c1-9-10(2)14-5-13(9)17-11-3-15(18(14)17)16(4-11)19(20)22-7-12-6-21-8-23-12/h9-18H,3-8H2,1-2H3. The molecule has 5 aliphatic rings. The lowest BCUT2D eigenvalue weighted by atomic mass is 9.62. The van der Waals surface area contributed by atoms with Crippen molar-refractivity contribution in [1.29, 1.82) is 0 Å². The molecule has 5 fully saturated rings.